The van der Waals surface area contributed by atoms with Gasteiger partial charge in [0.2, 0.25) is 10.0 Å². The third-order valence-electron chi connectivity index (χ3n) is 3.74. The first-order chi connectivity index (χ1) is 14.4. The summed E-state index contributed by atoms with van der Waals surface area (Å²) in [5, 5.41) is 4.23. The summed E-state index contributed by atoms with van der Waals surface area (Å²) >= 11 is 5.77. The lowest BCUT2D eigenvalue weighted by molar-refractivity contribution is -0.123. The van der Waals surface area contributed by atoms with Crippen LogP contribution in [-0.4, -0.2) is 27.1 Å². The Balaban J connectivity index is 1.46. The second-order valence-electron chi connectivity index (χ2n) is 5.98. The molecule has 1 amide bonds. The van der Waals surface area contributed by atoms with Gasteiger partial charge in [-0.2, -0.15) is 5.10 Å². The number of benzene rings is 2. The summed E-state index contributed by atoms with van der Waals surface area (Å²) in [6, 6.07) is 17.9. The van der Waals surface area contributed by atoms with Crippen LogP contribution in [0.25, 0.3) is 0 Å². The number of halogens is 1. The molecular weight excluding hydrogens is 430 g/mol. The van der Waals surface area contributed by atoms with Crippen LogP contribution in [0.2, 0.25) is 5.02 Å². The first kappa shape index (κ1) is 21.6. The Morgan fingerprint density at radius 2 is 1.80 bits per heavy atom. The van der Waals surface area contributed by atoms with E-state index in [4.69, 9.17) is 20.8 Å². The number of nitrogens with one attached hydrogen (secondary N) is 2. The molecule has 0 radical (unpaired) electrons. The number of nitrogens with zero attached hydrogens (tertiary/aromatic N) is 1. The maximum atomic E-state index is 12.3. The van der Waals surface area contributed by atoms with Crippen molar-refractivity contribution in [1.82, 2.24) is 10.1 Å². The molecule has 0 bridgehead atoms. The number of ether oxygens (including phenoxy) is 1. The van der Waals surface area contributed by atoms with Crippen LogP contribution in [0, 0.1) is 0 Å². The fourth-order valence-corrected chi connectivity index (χ4v) is 3.41. The summed E-state index contributed by atoms with van der Waals surface area (Å²) < 4.78 is 37.7. The lowest BCUT2D eigenvalue weighted by Crippen LogP contribution is -2.24. The summed E-state index contributed by atoms with van der Waals surface area (Å²) in [4.78, 5) is 11.8. The van der Waals surface area contributed by atoms with Crippen LogP contribution in [0.5, 0.6) is 5.75 Å². The van der Waals surface area contributed by atoms with E-state index in [9.17, 15) is 13.2 Å². The molecule has 0 atom stereocenters. The number of furan rings is 1. The molecule has 30 heavy (non-hydrogen) atoms. The maximum Gasteiger partial charge on any atom is 0.277 e. The first-order valence-corrected chi connectivity index (χ1v) is 10.6. The lowest BCUT2D eigenvalue weighted by atomic mass is 10.3. The molecule has 10 heteroatoms. The third kappa shape index (κ3) is 6.45. The molecule has 0 fully saturated rings. The smallest absolute Gasteiger partial charge is 0.277 e. The Morgan fingerprint density at radius 1 is 1.07 bits per heavy atom. The topological polar surface area (TPSA) is 110 Å². The molecule has 2 N–H and O–H groups in total. The third-order valence-corrected chi connectivity index (χ3v) is 5.41. The molecule has 0 aliphatic rings. The molecule has 3 rings (SSSR count). The molecule has 1 aromatic heterocycles. The zero-order valence-corrected chi connectivity index (χ0v) is 17.2. The van der Waals surface area contributed by atoms with Crippen molar-refractivity contribution in [3.8, 4) is 5.75 Å². The Labute approximate surface area is 178 Å². The highest BCUT2D eigenvalue weighted by molar-refractivity contribution is 7.89. The van der Waals surface area contributed by atoms with Gasteiger partial charge < -0.3 is 9.15 Å². The van der Waals surface area contributed by atoms with Gasteiger partial charge in [-0.05, 0) is 48.5 Å². The van der Waals surface area contributed by atoms with Crippen LogP contribution in [-0.2, 0) is 21.4 Å². The first-order valence-electron chi connectivity index (χ1n) is 8.76. The molecule has 0 aliphatic heterocycles. The average molecular weight is 448 g/mol. The zero-order chi connectivity index (χ0) is 21.4. The quantitative estimate of drug-likeness (QED) is 0.387. The molecular formula is C20H18ClN3O5S. The van der Waals surface area contributed by atoms with E-state index in [-0.39, 0.29) is 18.0 Å². The number of carbonyl (C=O) groups excluding carboxylic acids is 1. The van der Waals surface area contributed by atoms with Crippen LogP contribution in [0.4, 0.5) is 0 Å². The number of hydrogen-bond donors (Lipinski definition) is 2. The van der Waals surface area contributed by atoms with Crippen LogP contribution in [0.3, 0.4) is 0 Å². The standard InChI is InChI=1S/C20H18ClN3O5S/c21-15-6-10-19(11-7-15)30(26,27)23-13-18-9-8-17(29-18)12-22-24-20(25)14-28-16-4-2-1-3-5-16/h1-12,23H,13-14H2,(H,24,25)/b22-12-. The lowest BCUT2D eigenvalue weighted by Gasteiger charge is -2.05. The summed E-state index contributed by atoms with van der Waals surface area (Å²) in [6.45, 7) is -0.229. The molecule has 156 valence electrons. The van der Waals surface area contributed by atoms with Gasteiger partial charge in [0, 0.05) is 5.02 Å². The SMILES string of the molecule is O=C(COc1ccccc1)N/N=C\c1ccc(CNS(=O)(=O)c2ccc(Cl)cc2)o1. The van der Waals surface area contributed by atoms with Gasteiger partial charge in [0.25, 0.3) is 5.91 Å². The van der Waals surface area contributed by atoms with Crippen molar-refractivity contribution < 1.29 is 22.4 Å². The van der Waals surface area contributed by atoms with Gasteiger partial charge in [0.05, 0.1) is 17.7 Å². The Hall–Kier alpha value is -3.14. The van der Waals surface area contributed by atoms with E-state index < -0.39 is 15.9 Å². The van der Waals surface area contributed by atoms with Gasteiger partial charge in [-0.15, -0.1) is 0 Å². The summed E-state index contributed by atoms with van der Waals surface area (Å²) in [5.74, 6) is 0.874. The number of rotatable bonds is 9. The Kier molecular flexibility index (Phi) is 7.23. The molecule has 8 nitrogen and oxygen atoms in total. The van der Waals surface area contributed by atoms with E-state index in [2.05, 4.69) is 15.2 Å². The largest absolute Gasteiger partial charge is 0.484 e. The fourth-order valence-electron chi connectivity index (χ4n) is 2.29. The van der Waals surface area contributed by atoms with Gasteiger partial charge in [0.1, 0.15) is 17.3 Å². The minimum atomic E-state index is -3.70. The Morgan fingerprint density at radius 3 is 2.53 bits per heavy atom. The molecule has 3 aromatic rings. The van der Waals surface area contributed by atoms with Crippen LogP contribution in [0.15, 0.2) is 81.1 Å². The summed E-state index contributed by atoms with van der Waals surface area (Å²) in [5.41, 5.74) is 2.32. The molecule has 1 heterocycles. The van der Waals surface area contributed by atoms with Crippen molar-refractivity contribution in [2.24, 2.45) is 5.10 Å². The van der Waals surface area contributed by atoms with Crippen LogP contribution >= 0.6 is 11.6 Å². The highest BCUT2D eigenvalue weighted by atomic mass is 35.5. The van der Waals surface area contributed by atoms with Gasteiger partial charge >= 0.3 is 0 Å². The molecule has 0 saturated heterocycles. The van der Waals surface area contributed by atoms with Crippen molar-refractivity contribution in [3.63, 3.8) is 0 Å². The molecule has 0 spiro atoms. The molecule has 0 saturated carbocycles. The van der Waals surface area contributed by atoms with Crippen molar-refractivity contribution in [2.45, 2.75) is 11.4 Å². The van der Waals surface area contributed by atoms with Crippen LogP contribution < -0.4 is 14.9 Å². The van der Waals surface area contributed by atoms with Crippen molar-refractivity contribution >= 4 is 33.7 Å². The second kappa shape index (κ2) is 10.1. The number of sulfonamides is 1. The second-order valence-corrected chi connectivity index (χ2v) is 8.18. The van der Waals surface area contributed by atoms with E-state index in [0.29, 0.717) is 22.3 Å². The van der Waals surface area contributed by atoms with E-state index in [0.717, 1.165) is 0 Å². The van der Waals surface area contributed by atoms with Crippen molar-refractivity contribution in [1.29, 1.82) is 0 Å². The predicted molar refractivity (Wildman–Crippen MR) is 112 cm³/mol. The zero-order valence-electron chi connectivity index (χ0n) is 15.6. The van der Waals surface area contributed by atoms with Crippen LogP contribution in [0.1, 0.15) is 11.5 Å². The van der Waals surface area contributed by atoms with E-state index in [1.807, 2.05) is 6.07 Å². The van der Waals surface area contributed by atoms with E-state index in [1.165, 1.54) is 30.5 Å². The highest BCUT2D eigenvalue weighted by Gasteiger charge is 2.14. The molecule has 2 aromatic carbocycles. The number of hydrogen-bond acceptors (Lipinski definition) is 6. The minimum absolute atomic E-state index is 0.0456. The number of hydrazone groups is 1. The monoisotopic (exact) mass is 447 g/mol. The van der Waals surface area contributed by atoms with E-state index in [1.54, 1.807) is 36.4 Å². The van der Waals surface area contributed by atoms with Gasteiger partial charge in [-0.1, -0.05) is 29.8 Å². The summed E-state index contributed by atoms with van der Waals surface area (Å²) in [7, 11) is -3.70. The number of amides is 1. The highest BCUT2D eigenvalue weighted by Crippen LogP contribution is 2.15. The van der Waals surface area contributed by atoms with Crippen molar-refractivity contribution in [3.05, 3.63) is 83.3 Å². The predicted octanol–water partition coefficient (Wildman–Crippen LogP) is 2.94. The molecule has 0 unspecified atom stereocenters. The number of carbonyl (C=O) groups is 1. The average Bonchev–Trinajstić information content (AvgIpc) is 3.20. The minimum Gasteiger partial charge on any atom is -0.484 e. The Bertz CT molecular complexity index is 1110. The fraction of sp³-hybridized carbons (Fsp3) is 0.100. The van der Waals surface area contributed by atoms with Crippen molar-refractivity contribution in [2.75, 3.05) is 6.61 Å². The van der Waals surface area contributed by atoms with Gasteiger partial charge in [0.15, 0.2) is 6.61 Å². The molecule has 0 aliphatic carbocycles. The van der Waals surface area contributed by atoms with Gasteiger partial charge in [-0.25, -0.2) is 18.6 Å². The number of para-hydroxylation sites is 1. The normalized spacial score (nSPS) is 11.5. The van der Waals surface area contributed by atoms with Gasteiger partial charge in [-0.3, -0.25) is 4.79 Å². The summed E-state index contributed by atoms with van der Waals surface area (Å²) in [6.07, 6.45) is 1.30. The maximum absolute atomic E-state index is 12.3. The van der Waals surface area contributed by atoms with E-state index >= 15 is 0 Å².